The van der Waals surface area contributed by atoms with Crippen molar-refractivity contribution in [1.29, 1.82) is 0 Å². The molecule has 21 heavy (non-hydrogen) atoms. The number of halogens is 3. The van der Waals surface area contributed by atoms with E-state index in [1.165, 1.54) is 18.3 Å². The van der Waals surface area contributed by atoms with E-state index in [0.717, 1.165) is 4.47 Å². The molecule has 1 aliphatic rings. The lowest BCUT2D eigenvalue weighted by Crippen LogP contribution is -2.49. The summed E-state index contributed by atoms with van der Waals surface area (Å²) in [6, 6.07) is 2.88. The number of anilines is 1. The second kappa shape index (κ2) is 5.63. The van der Waals surface area contributed by atoms with Gasteiger partial charge in [-0.1, -0.05) is 0 Å². The van der Waals surface area contributed by atoms with Crippen molar-refractivity contribution in [2.24, 2.45) is 0 Å². The Hall–Kier alpha value is -1.63. The Morgan fingerprint density at radius 2 is 2.00 bits per heavy atom. The summed E-state index contributed by atoms with van der Waals surface area (Å²) in [6.45, 7) is 0.350. The monoisotopic (exact) mass is 354 g/mol. The van der Waals surface area contributed by atoms with Gasteiger partial charge in [-0.3, -0.25) is 4.98 Å². The van der Waals surface area contributed by atoms with E-state index in [1.54, 1.807) is 12.4 Å². The number of rotatable bonds is 4. The first-order valence-corrected chi connectivity index (χ1v) is 7.35. The van der Waals surface area contributed by atoms with Crippen molar-refractivity contribution in [3.63, 3.8) is 0 Å². The molecule has 1 aliphatic carbocycles. The molecule has 0 amide bonds. The van der Waals surface area contributed by atoms with Crippen LogP contribution in [0, 0.1) is 5.82 Å². The zero-order chi connectivity index (χ0) is 14.9. The third-order valence-corrected chi connectivity index (χ3v) is 4.10. The molecule has 0 bridgehead atoms. The molecule has 0 saturated heterocycles. The summed E-state index contributed by atoms with van der Waals surface area (Å²) >= 11 is 3.25. The largest absolute Gasteiger partial charge is 0.353 e. The van der Waals surface area contributed by atoms with Crippen LogP contribution in [0.25, 0.3) is 0 Å². The Balaban J connectivity index is 1.79. The van der Waals surface area contributed by atoms with E-state index in [9.17, 15) is 8.78 Å². The fraction of sp³-hybridized carbons (Fsp3) is 0.357. The molecule has 4 nitrogen and oxygen atoms in total. The SMILES string of the molecule is Fc1cccnc1[C@]1(CNc2ncc(Br)cn2)C[C@H](F)C1. The summed E-state index contributed by atoms with van der Waals surface area (Å²) in [5.41, 5.74) is -0.329. The van der Waals surface area contributed by atoms with E-state index in [-0.39, 0.29) is 12.8 Å². The van der Waals surface area contributed by atoms with Crippen LogP contribution >= 0.6 is 15.9 Å². The molecule has 1 N–H and O–H groups in total. The lowest BCUT2D eigenvalue weighted by atomic mass is 9.65. The molecular weight excluding hydrogens is 342 g/mol. The van der Waals surface area contributed by atoms with Gasteiger partial charge in [-0.25, -0.2) is 18.7 Å². The quantitative estimate of drug-likeness (QED) is 0.915. The molecule has 3 rings (SSSR count). The van der Waals surface area contributed by atoms with Gasteiger partial charge in [0, 0.05) is 30.6 Å². The molecule has 0 aliphatic heterocycles. The minimum absolute atomic E-state index is 0.254. The molecule has 110 valence electrons. The average Bonchev–Trinajstić information content (AvgIpc) is 2.45. The van der Waals surface area contributed by atoms with E-state index in [1.807, 2.05) is 0 Å². The summed E-state index contributed by atoms with van der Waals surface area (Å²) in [5.74, 6) is 0.0270. The highest BCUT2D eigenvalue weighted by Crippen LogP contribution is 2.45. The molecule has 0 unspecified atom stereocenters. The smallest absolute Gasteiger partial charge is 0.222 e. The number of alkyl halides is 1. The molecular formula is C14H13BrF2N4. The van der Waals surface area contributed by atoms with Crippen molar-refractivity contribution in [3.8, 4) is 0 Å². The number of nitrogens with one attached hydrogen (secondary N) is 1. The zero-order valence-electron chi connectivity index (χ0n) is 11.1. The van der Waals surface area contributed by atoms with Crippen molar-refractivity contribution < 1.29 is 8.78 Å². The molecule has 7 heteroatoms. The topological polar surface area (TPSA) is 50.7 Å². The summed E-state index contributed by atoms with van der Waals surface area (Å²) in [5, 5.41) is 3.04. The molecule has 0 atom stereocenters. The van der Waals surface area contributed by atoms with Crippen LogP contribution in [0.3, 0.4) is 0 Å². The molecule has 0 aromatic carbocycles. The fourth-order valence-electron chi connectivity index (χ4n) is 2.64. The number of hydrogen-bond donors (Lipinski definition) is 1. The van der Waals surface area contributed by atoms with Gasteiger partial charge in [-0.05, 0) is 40.9 Å². The van der Waals surface area contributed by atoms with E-state index in [2.05, 4.69) is 36.2 Å². The van der Waals surface area contributed by atoms with Crippen LogP contribution in [0.15, 0.2) is 35.2 Å². The van der Waals surface area contributed by atoms with Crippen molar-refractivity contribution in [1.82, 2.24) is 15.0 Å². The first-order valence-electron chi connectivity index (χ1n) is 6.56. The third-order valence-electron chi connectivity index (χ3n) is 3.69. The maximum atomic E-state index is 14.0. The fourth-order valence-corrected chi connectivity index (χ4v) is 2.84. The molecule has 1 saturated carbocycles. The summed E-state index contributed by atoms with van der Waals surface area (Å²) < 4.78 is 28.1. The third kappa shape index (κ3) is 2.88. The highest BCUT2D eigenvalue weighted by atomic mass is 79.9. The molecule has 0 radical (unpaired) electrons. The van der Waals surface area contributed by atoms with Gasteiger partial charge < -0.3 is 5.32 Å². The van der Waals surface area contributed by atoms with Gasteiger partial charge in [-0.15, -0.1) is 0 Å². The van der Waals surface area contributed by atoms with E-state index in [4.69, 9.17) is 0 Å². The highest BCUT2D eigenvalue weighted by Gasteiger charge is 2.48. The van der Waals surface area contributed by atoms with Gasteiger partial charge in [0.1, 0.15) is 12.0 Å². The number of aromatic nitrogens is 3. The number of nitrogens with zero attached hydrogens (tertiary/aromatic N) is 3. The van der Waals surface area contributed by atoms with Gasteiger partial charge in [0.15, 0.2) is 0 Å². The first kappa shape index (κ1) is 14.3. The first-order chi connectivity index (χ1) is 10.1. The Kier molecular flexibility index (Phi) is 3.84. The van der Waals surface area contributed by atoms with Crippen molar-refractivity contribution in [2.45, 2.75) is 24.4 Å². The second-order valence-corrected chi connectivity index (χ2v) is 6.11. The predicted molar refractivity (Wildman–Crippen MR) is 78.2 cm³/mol. The van der Waals surface area contributed by atoms with Crippen LogP contribution in [0.5, 0.6) is 0 Å². The summed E-state index contributed by atoms with van der Waals surface area (Å²) in [6.07, 6.45) is 4.35. The number of hydrogen-bond acceptors (Lipinski definition) is 4. The Morgan fingerprint density at radius 1 is 1.29 bits per heavy atom. The van der Waals surface area contributed by atoms with Crippen LogP contribution in [0.1, 0.15) is 18.5 Å². The normalized spacial score (nSPS) is 24.4. The van der Waals surface area contributed by atoms with Gasteiger partial charge in [0.05, 0.1) is 10.2 Å². The predicted octanol–water partition coefficient (Wildman–Crippen LogP) is 3.26. The minimum Gasteiger partial charge on any atom is -0.353 e. The standard InChI is InChI=1S/C14H13BrF2N4/c15-9-6-19-13(20-7-9)21-8-14(4-10(16)5-14)12-11(17)2-1-3-18-12/h1-3,6-7,10H,4-5,8H2,(H,19,20,21)/t10-,14+. The number of pyridine rings is 1. The lowest BCUT2D eigenvalue weighted by molar-refractivity contribution is 0.0963. The molecule has 2 aromatic rings. The van der Waals surface area contributed by atoms with Crippen molar-refractivity contribution in [2.75, 3.05) is 11.9 Å². The van der Waals surface area contributed by atoms with Crippen LogP contribution in [-0.2, 0) is 5.41 Å². The Bertz CT molecular complexity index is 629. The van der Waals surface area contributed by atoms with Crippen molar-refractivity contribution >= 4 is 21.9 Å². The van der Waals surface area contributed by atoms with Crippen LogP contribution in [-0.4, -0.2) is 27.7 Å². The summed E-state index contributed by atoms with van der Waals surface area (Å²) in [4.78, 5) is 12.3. The molecule has 2 aromatic heterocycles. The maximum Gasteiger partial charge on any atom is 0.222 e. The average molecular weight is 355 g/mol. The van der Waals surface area contributed by atoms with Crippen LogP contribution < -0.4 is 5.32 Å². The van der Waals surface area contributed by atoms with E-state index >= 15 is 0 Å². The molecule has 0 spiro atoms. The van der Waals surface area contributed by atoms with Crippen molar-refractivity contribution in [3.05, 3.63) is 46.7 Å². The van der Waals surface area contributed by atoms with Crippen LogP contribution in [0.2, 0.25) is 0 Å². The van der Waals surface area contributed by atoms with Gasteiger partial charge >= 0.3 is 0 Å². The highest BCUT2D eigenvalue weighted by molar-refractivity contribution is 9.10. The minimum atomic E-state index is -0.918. The van der Waals surface area contributed by atoms with Gasteiger partial charge in [0.25, 0.3) is 0 Å². The second-order valence-electron chi connectivity index (χ2n) is 5.20. The zero-order valence-corrected chi connectivity index (χ0v) is 12.6. The Morgan fingerprint density at radius 3 is 2.62 bits per heavy atom. The van der Waals surface area contributed by atoms with Gasteiger partial charge in [0.2, 0.25) is 5.95 Å². The van der Waals surface area contributed by atoms with Gasteiger partial charge in [-0.2, -0.15) is 0 Å². The van der Waals surface area contributed by atoms with E-state index in [0.29, 0.717) is 18.2 Å². The molecule has 2 heterocycles. The maximum absolute atomic E-state index is 14.0. The lowest BCUT2D eigenvalue weighted by Gasteiger charge is -2.43. The van der Waals surface area contributed by atoms with Crippen LogP contribution in [0.4, 0.5) is 14.7 Å². The Labute approximate surface area is 129 Å². The molecule has 1 fully saturated rings. The summed E-state index contributed by atoms with van der Waals surface area (Å²) in [7, 11) is 0. The van der Waals surface area contributed by atoms with E-state index < -0.39 is 17.4 Å².